The van der Waals surface area contributed by atoms with E-state index in [2.05, 4.69) is 33.5 Å². The highest BCUT2D eigenvalue weighted by atomic mass is 79.9. The summed E-state index contributed by atoms with van der Waals surface area (Å²) in [7, 11) is 0. The summed E-state index contributed by atoms with van der Waals surface area (Å²) in [5.41, 5.74) is 3.26. The van der Waals surface area contributed by atoms with Crippen LogP contribution < -0.4 is 10.6 Å². The van der Waals surface area contributed by atoms with Gasteiger partial charge in [-0.25, -0.2) is 0 Å². The summed E-state index contributed by atoms with van der Waals surface area (Å²) < 4.78 is 1.04. The van der Waals surface area contributed by atoms with Crippen LogP contribution >= 0.6 is 27.3 Å². The first-order valence-corrected chi connectivity index (χ1v) is 9.74. The van der Waals surface area contributed by atoms with Gasteiger partial charge in [0, 0.05) is 9.35 Å². The van der Waals surface area contributed by atoms with Crippen LogP contribution in [0, 0.1) is 5.92 Å². The minimum atomic E-state index is -0.148. The van der Waals surface area contributed by atoms with E-state index >= 15 is 0 Å². The largest absolute Gasteiger partial charge is 0.353 e. The number of benzene rings is 1. The molecule has 2 N–H and O–H groups in total. The maximum atomic E-state index is 12.7. The van der Waals surface area contributed by atoms with Crippen molar-refractivity contribution in [2.45, 2.75) is 38.8 Å². The lowest BCUT2D eigenvalue weighted by Gasteiger charge is -2.27. The Morgan fingerprint density at radius 1 is 1.26 bits per heavy atom. The van der Waals surface area contributed by atoms with E-state index in [1.54, 1.807) is 11.3 Å². The van der Waals surface area contributed by atoms with Crippen LogP contribution in [0.1, 0.15) is 52.3 Å². The van der Waals surface area contributed by atoms with Gasteiger partial charge in [0.25, 0.3) is 5.91 Å². The summed E-state index contributed by atoms with van der Waals surface area (Å²) in [6.07, 6.45) is 4.45. The Morgan fingerprint density at radius 2 is 2.04 bits per heavy atom. The number of fused-ring (bicyclic) bond motifs is 3. The number of halogens is 1. The Morgan fingerprint density at radius 3 is 2.78 bits per heavy atom. The summed E-state index contributed by atoms with van der Waals surface area (Å²) in [5.74, 6) is 0.840. The monoisotopic (exact) mass is 390 g/mol. The average molecular weight is 391 g/mol. The molecule has 0 bridgehead atoms. The third-order valence-corrected chi connectivity index (χ3v) is 6.64. The van der Waals surface area contributed by atoms with E-state index in [4.69, 9.17) is 0 Å². The van der Waals surface area contributed by atoms with Gasteiger partial charge in [-0.05, 0) is 48.4 Å². The fourth-order valence-electron chi connectivity index (χ4n) is 3.54. The van der Waals surface area contributed by atoms with Crippen molar-refractivity contribution in [2.75, 3.05) is 5.32 Å². The zero-order valence-corrected chi connectivity index (χ0v) is 15.4. The maximum absolute atomic E-state index is 12.7. The van der Waals surface area contributed by atoms with E-state index in [0.29, 0.717) is 0 Å². The van der Waals surface area contributed by atoms with E-state index in [1.807, 2.05) is 24.3 Å². The minimum Gasteiger partial charge on any atom is -0.353 e. The van der Waals surface area contributed by atoms with Gasteiger partial charge in [-0.3, -0.25) is 4.79 Å². The molecule has 0 saturated carbocycles. The third-order valence-electron chi connectivity index (χ3n) is 4.93. The fourth-order valence-corrected chi connectivity index (χ4v) is 5.19. The molecule has 5 heteroatoms. The van der Waals surface area contributed by atoms with E-state index in [-0.39, 0.29) is 12.1 Å². The topological polar surface area (TPSA) is 41.1 Å². The van der Waals surface area contributed by atoms with Crippen molar-refractivity contribution in [3.05, 3.63) is 50.3 Å². The van der Waals surface area contributed by atoms with Crippen LogP contribution in [-0.2, 0) is 12.8 Å². The summed E-state index contributed by atoms with van der Waals surface area (Å²) >= 11 is 5.23. The van der Waals surface area contributed by atoms with Crippen LogP contribution in [0.4, 0.5) is 5.00 Å². The Bertz CT molecular complexity index is 753. The molecule has 4 rings (SSSR count). The number of amides is 1. The van der Waals surface area contributed by atoms with E-state index < -0.39 is 0 Å². The van der Waals surface area contributed by atoms with E-state index in [9.17, 15) is 4.79 Å². The molecule has 0 spiro atoms. The van der Waals surface area contributed by atoms with Crippen LogP contribution in [0.5, 0.6) is 0 Å². The Labute approximate surface area is 148 Å². The van der Waals surface area contributed by atoms with Crippen molar-refractivity contribution in [3.63, 3.8) is 0 Å². The summed E-state index contributed by atoms with van der Waals surface area (Å²) in [5, 5.41) is 7.68. The molecular weight excluding hydrogens is 372 g/mol. The number of anilines is 1. The number of hydrogen-bond donors (Lipinski definition) is 2. The standard InChI is InChI=1S/C18H19BrN2OS/c1-2-10-3-8-13-14(9-10)23-18-15(13)17(22)20-16(21-18)11-4-6-12(19)7-5-11/h4-7,10,16,21H,2-3,8-9H2,1H3,(H,20,22)/t10-,16+/m1/s1. The van der Waals surface area contributed by atoms with E-state index in [0.717, 1.165) is 39.4 Å². The highest BCUT2D eigenvalue weighted by Crippen LogP contribution is 2.43. The zero-order valence-electron chi connectivity index (χ0n) is 13.0. The Kier molecular flexibility index (Phi) is 3.93. The van der Waals surface area contributed by atoms with Gasteiger partial charge in [0.1, 0.15) is 11.2 Å². The molecule has 1 aliphatic heterocycles. The average Bonchev–Trinajstić information content (AvgIpc) is 2.93. The van der Waals surface area contributed by atoms with Gasteiger partial charge >= 0.3 is 0 Å². The van der Waals surface area contributed by atoms with E-state index in [1.165, 1.54) is 23.3 Å². The van der Waals surface area contributed by atoms with Crippen LogP contribution in [0.2, 0.25) is 0 Å². The second-order valence-electron chi connectivity index (χ2n) is 6.33. The number of carbonyl (C=O) groups excluding carboxylic acids is 1. The van der Waals surface area contributed by atoms with Gasteiger partial charge in [0.05, 0.1) is 5.56 Å². The molecule has 1 aromatic carbocycles. The number of nitrogens with one attached hydrogen (secondary N) is 2. The highest BCUT2D eigenvalue weighted by Gasteiger charge is 2.33. The van der Waals surface area contributed by atoms with Gasteiger partial charge in [-0.1, -0.05) is 41.4 Å². The molecular formula is C18H19BrN2OS. The predicted molar refractivity (Wildman–Crippen MR) is 98.1 cm³/mol. The lowest BCUT2D eigenvalue weighted by molar-refractivity contribution is 0.0935. The number of hydrogen-bond acceptors (Lipinski definition) is 3. The van der Waals surface area contributed by atoms with Crippen molar-refractivity contribution in [3.8, 4) is 0 Å². The second kappa shape index (κ2) is 5.95. The lowest BCUT2D eigenvalue weighted by Crippen LogP contribution is -2.38. The molecule has 2 aromatic rings. The van der Waals surface area contributed by atoms with Crippen molar-refractivity contribution in [2.24, 2.45) is 5.92 Å². The number of thiophene rings is 1. The predicted octanol–water partition coefficient (Wildman–Crippen LogP) is 4.88. The maximum Gasteiger partial charge on any atom is 0.256 e. The van der Waals surface area contributed by atoms with Gasteiger partial charge in [0.2, 0.25) is 0 Å². The highest BCUT2D eigenvalue weighted by molar-refractivity contribution is 9.10. The Hall–Kier alpha value is -1.33. The Balaban J connectivity index is 1.66. The first-order valence-electron chi connectivity index (χ1n) is 8.13. The number of carbonyl (C=O) groups is 1. The smallest absolute Gasteiger partial charge is 0.256 e. The zero-order chi connectivity index (χ0) is 16.0. The van der Waals surface area contributed by atoms with Crippen LogP contribution in [-0.4, -0.2) is 5.91 Å². The molecule has 2 aliphatic rings. The normalized spacial score (nSPS) is 22.8. The van der Waals surface area contributed by atoms with Crippen LogP contribution in [0.3, 0.4) is 0 Å². The van der Waals surface area contributed by atoms with Crippen molar-refractivity contribution >= 4 is 38.2 Å². The van der Waals surface area contributed by atoms with Gasteiger partial charge in [0.15, 0.2) is 0 Å². The molecule has 1 aromatic heterocycles. The third kappa shape index (κ3) is 2.70. The first kappa shape index (κ1) is 15.2. The SMILES string of the molecule is CC[C@@H]1CCc2c(sc3c2C(=O)N[C@H](c2ccc(Br)cc2)N3)C1. The summed E-state index contributed by atoms with van der Waals surface area (Å²) in [4.78, 5) is 14.1. The van der Waals surface area contributed by atoms with Crippen molar-refractivity contribution in [1.82, 2.24) is 5.32 Å². The molecule has 2 heterocycles. The molecule has 2 atom stereocenters. The molecule has 0 radical (unpaired) electrons. The quantitative estimate of drug-likeness (QED) is 0.766. The summed E-state index contributed by atoms with van der Waals surface area (Å²) in [6.45, 7) is 2.26. The fraction of sp³-hybridized carbons (Fsp3) is 0.389. The van der Waals surface area contributed by atoms with Gasteiger partial charge in [-0.2, -0.15) is 0 Å². The van der Waals surface area contributed by atoms with Crippen LogP contribution in [0.25, 0.3) is 0 Å². The first-order chi connectivity index (χ1) is 11.2. The molecule has 1 aliphatic carbocycles. The van der Waals surface area contributed by atoms with Gasteiger partial charge < -0.3 is 10.6 Å². The number of rotatable bonds is 2. The molecule has 3 nitrogen and oxygen atoms in total. The molecule has 23 heavy (non-hydrogen) atoms. The summed E-state index contributed by atoms with van der Waals surface area (Å²) in [6, 6.07) is 8.08. The lowest BCUT2D eigenvalue weighted by atomic mass is 9.85. The van der Waals surface area contributed by atoms with Crippen LogP contribution in [0.15, 0.2) is 28.7 Å². The minimum absolute atomic E-state index is 0.0686. The second-order valence-corrected chi connectivity index (χ2v) is 8.35. The molecule has 0 unspecified atom stereocenters. The van der Waals surface area contributed by atoms with Crippen molar-refractivity contribution < 1.29 is 4.79 Å². The molecule has 120 valence electrons. The van der Waals surface area contributed by atoms with Gasteiger partial charge in [-0.15, -0.1) is 11.3 Å². The molecule has 0 fully saturated rings. The molecule has 1 amide bonds. The van der Waals surface area contributed by atoms with Crippen molar-refractivity contribution in [1.29, 1.82) is 0 Å². The molecule has 0 saturated heterocycles.